The maximum absolute atomic E-state index is 13.3. The fourth-order valence-electron chi connectivity index (χ4n) is 1.85. The lowest BCUT2D eigenvalue weighted by Gasteiger charge is -2.06. The lowest BCUT2D eigenvalue weighted by Crippen LogP contribution is -2.02. The third kappa shape index (κ3) is 4.06. The van der Waals surface area contributed by atoms with E-state index in [-0.39, 0.29) is 11.8 Å². The summed E-state index contributed by atoms with van der Waals surface area (Å²) in [7, 11) is 1.38. The summed E-state index contributed by atoms with van der Waals surface area (Å²) in [5, 5.41) is 3.18. The molecule has 1 aromatic heterocycles. The number of carbonyl (C=O) groups excluding carboxylic acids is 1. The molecule has 1 heterocycles. The minimum atomic E-state index is -0.245. The zero-order valence-electron chi connectivity index (χ0n) is 11.4. The topological polar surface area (TPSA) is 38.3 Å². The Labute approximate surface area is 121 Å². The Kier molecular flexibility index (Phi) is 4.74. The first-order valence-corrected chi connectivity index (χ1v) is 7.04. The minimum Gasteiger partial charge on any atom is -0.469 e. The van der Waals surface area contributed by atoms with E-state index >= 15 is 0 Å². The molecule has 0 aliphatic heterocycles. The van der Waals surface area contributed by atoms with Crippen LogP contribution in [0.4, 0.5) is 10.1 Å². The Bertz CT molecular complexity index is 589. The number of carbonyl (C=O) groups is 1. The van der Waals surface area contributed by atoms with Crippen molar-refractivity contribution < 1.29 is 13.9 Å². The number of methoxy groups -OCH3 is 1. The van der Waals surface area contributed by atoms with Gasteiger partial charge in [0.15, 0.2) is 0 Å². The molecule has 1 N–H and O–H groups in total. The molecule has 0 saturated carbocycles. The van der Waals surface area contributed by atoms with Crippen LogP contribution in [0.2, 0.25) is 0 Å². The Morgan fingerprint density at radius 2 is 2.05 bits per heavy atom. The third-order valence-electron chi connectivity index (χ3n) is 2.77. The number of thiophene rings is 1. The highest BCUT2D eigenvalue weighted by atomic mass is 32.1. The van der Waals surface area contributed by atoms with Crippen LogP contribution in [0.1, 0.15) is 15.3 Å². The van der Waals surface area contributed by atoms with Crippen LogP contribution < -0.4 is 5.32 Å². The van der Waals surface area contributed by atoms with Gasteiger partial charge in [-0.15, -0.1) is 11.3 Å². The van der Waals surface area contributed by atoms with E-state index in [0.29, 0.717) is 13.0 Å². The average molecular weight is 293 g/mol. The van der Waals surface area contributed by atoms with Gasteiger partial charge in [-0.3, -0.25) is 4.79 Å². The van der Waals surface area contributed by atoms with Gasteiger partial charge < -0.3 is 10.1 Å². The van der Waals surface area contributed by atoms with Crippen molar-refractivity contribution in [2.45, 2.75) is 19.9 Å². The maximum atomic E-state index is 13.3. The van der Waals surface area contributed by atoms with E-state index in [1.165, 1.54) is 19.2 Å². The molecule has 20 heavy (non-hydrogen) atoms. The van der Waals surface area contributed by atoms with Crippen LogP contribution in [-0.2, 0) is 22.5 Å². The number of anilines is 1. The Balaban J connectivity index is 1.95. The van der Waals surface area contributed by atoms with Crippen molar-refractivity contribution in [3.8, 4) is 0 Å². The molecule has 0 saturated heterocycles. The molecule has 106 valence electrons. The molecule has 0 unspecified atom stereocenters. The SMILES string of the molecule is COC(=O)Cc1ccc(CNc2cc(C)cc(F)c2)s1. The van der Waals surface area contributed by atoms with Crippen LogP contribution >= 0.6 is 11.3 Å². The number of benzene rings is 1. The highest BCUT2D eigenvalue weighted by Crippen LogP contribution is 2.20. The van der Waals surface area contributed by atoms with Crippen LogP contribution in [0.3, 0.4) is 0 Å². The number of aryl methyl sites for hydroxylation is 1. The number of rotatable bonds is 5. The predicted molar refractivity (Wildman–Crippen MR) is 78.5 cm³/mol. The van der Waals surface area contributed by atoms with Crippen molar-refractivity contribution >= 4 is 23.0 Å². The van der Waals surface area contributed by atoms with Gasteiger partial charge in [-0.25, -0.2) is 4.39 Å². The quantitative estimate of drug-likeness (QED) is 0.857. The zero-order valence-corrected chi connectivity index (χ0v) is 12.2. The fraction of sp³-hybridized carbons (Fsp3) is 0.267. The Morgan fingerprint density at radius 3 is 2.75 bits per heavy atom. The molecule has 0 aliphatic carbocycles. The fourth-order valence-corrected chi connectivity index (χ4v) is 2.80. The summed E-state index contributed by atoms with van der Waals surface area (Å²) in [5.74, 6) is -0.489. The highest BCUT2D eigenvalue weighted by molar-refractivity contribution is 7.12. The van der Waals surface area contributed by atoms with Crippen LogP contribution in [0.25, 0.3) is 0 Å². The van der Waals surface area contributed by atoms with Crippen LogP contribution in [0.15, 0.2) is 30.3 Å². The summed E-state index contributed by atoms with van der Waals surface area (Å²) in [4.78, 5) is 13.2. The lowest BCUT2D eigenvalue weighted by atomic mass is 10.2. The minimum absolute atomic E-state index is 0.243. The van der Waals surface area contributed by atoms with E-state index in [0.717, 1.165) is 21.0 Å². The largest absolute Gasteiger partial charge is 0.469 e. The molecule has 0 aliphatic rings. The van der Waals surface area contributed by atoms with E-state index in [4.69, 9.17) is 0 Å². The van der Waals surface area contributed by atoms with Crippen molar-refractivity contribution in [2.75, 3.05) is 12.4 Å². The Morgan fingerprint density at radius 1 is 1.30 bits per heavy atom. The standard InChI is InChI=1S/C15H16FNO2S/c1-10-5-11(16)7-12(6-10)17-9-14-4-3-13(20-14)8-15(18)19-2/h3-7,17H,8-9H2,1-2H3. The Hall–Kier alpha value is -1.88. The normalized spacial score (nSPS) is 10.3. The highest BCUT2D eigenvalue weighted by Gasteiger charge is 2.06. The summed E-state index contributed by atoms with van der Waals surface area (Å²) in [5.41, 5.74) is 1.63. The average Bonchev–Trinajstić information content (AvgIpc) is 2.83. The van der Waals surface area contributed by atoms with Gasteiger partial charge in [-0.05, 0) is 42.8 Å². The van der Waals surface area contributed by atoms with Crippen LogP contribution in [0, 0.1) is 12.7 Å². The maximum Gasteiger partial charge on any atom is 0.310 e. The summed E-state index contributed by atoms with van der Waals surface area (Å²) >= 11 is 1.55. The molecule has 5 heteroatoms. The molecular formula is C15H16FNO2S. The molecule has 0 amide bonds. The first-order valence-electron chi connectivity index (χ1n) is 6.22. The molecular weight excluding hydrogens is 277 g/mol. The number of esters is 1. The number of nitrogens with one attached hydrogen (secondary N) is 1. The molecule has 0 bridgehead atoms. The number of hydrogen-bond acceptors (Lipinski definition) is 4. The molecule has 0 fully saturated rings. The monoisotopic (exact) mass is 293 g/mol. The van der Waals surface area contributed by atoms with Gasteiger partial charge in [0.1, 0.15) is 5.82 Å². The molecule has 1 aromatic carbocycles. The summed E-state index contributed by atoms with van der Waals surface area (Å²) in [6.45, 7) is 2.46. The molecule has 0 spiro atoms. The van der Waals surface area contributed by atoms with Crippen LogP contribution in [0.5, 0.6) is 0 Å². The van der Waals surface area contributed by atoms with E-state index in [1.807, 2.05) is 25.1 Å². The third-order valence-corrected chi connectivity index (χ3v) is 3.86. The number of hydrogen-bond donors (Lipinski definition) is 1. The van der Waals surface area contributed by atoms with Gasteiger partial charge >= 0.3 is 5.97 Å². The van der Waals surface area contributed by atoms with Crippen molar-refractivity contribution in [3.05, 3.63) is 51.5 Å². The molecule has 3 nitrogen and oxygen atoms in total. The first kappa shape index (κ1) is 14.5. The van der Waals surface area contributed by atoms with Crippen molar-refractivity contribution in [2.24, 2.45) is 0 Å². The molecule has 0 atom stereocenters. The van der Waals surface area contributed by atoms with E-state index in [9.17, 15) is 9.18 Å². The summed E-state index contributed by atoms with van der Waals surface area (Å²) in [6.07, 6.45) is 0.292. The van der Waals surface area contributed by atoms with Gasteiger partial charge in [0.05, 0.1) is 13.5 Å². The van der Waals surface area contributed by atoms with Gasteiger partial charge in [0, 0.05) is 22.0 Å². The summed E-state index contributed by atoms with van der Waals surface area (Å²) < 4.78 is 17.9. The second-order valence-corrected chi connectivity index (χ2v) is 5.74. The molecule has 2 aromatic rings. The number of halogens is 1. The van der Waals surface area contributed by atoms with Crippen LogP contribution in [-0.4, -0.2) is 13.1 Å². The molecule has 2 rings (SSSR count). The zero-order chi connectivity index (χ0) is 14.5. The van der Waals surface area contributed by atoms with Crippen molar-refractivity contribution in [3.63, 3.8) is 0 Å². The van der Waals surface area contributed by atoms with E-state index in [2.05, 4.69) is 10.1 Å². The second kappa shape index (κ2) is 6.52. The van der Waals surface area contributed by atoms with Gasteiger partial charge in [0.25, 0.3) is 0 Å². The van der Waals surface area contributed by atoms with Crippen molar-refractivity contribution in [1.29, 1.82) is 0 Å². The van der Waals surface area contributed by atoms with E-state index < -0.39 is 0 Å². The first-order chi connectivity index (χ1) is 9.56. The van der Waals surface area contributed by atoms with Gasteiger partial charge in [-0.1, -0.05) is 0 Å². The smallest absolute Gasteiger partial charge is 0.310 e. The summed E-state index contributed by atoms with van der Waals surface area (Å²) in [6, 6.07) is 8.73. The van der Waals surface area contributed by atoms with E-state index in [1.54, 1.807) is 11.3 Å². The number of ether oxygens (including phenoxy) is 1. The second-order valence-electron chi connectivity index (χ2n) is 4.49. The predicted octanol–water partition coefficient (Wildman–Crippen LogP) is 3.52. The van der Waals surface area contributed by atoms with Gasteiger partial charge in [-0.2, -0.15) is 0 Å². The van der Waals surface area contributed by atoms with Gasteiger partial charge in [0.2, 0.25) is 0 Å². The molecule has 0 radical (unpaired) electrons. The van der Waals surface area contributed by atoms with Crippen molar-refractivity contribution in [1.82, 2.24) is 0 Å². The lowest BCUT2D eigenvalue weighted by molar-refractivity contribution is -0.139.